The Hall–Kier alpha value is -6.02. The molecule has 0 amide bonds. The lowest BCUT2D eigenvalue weighted by atomic mass is 9.91. The Labute approximate surface area is 287 Å². The molecule has 0 aliphatic carbocycles. The minimum Gasteiger partial charge on any atom is -0.134 e. The standard InChI is InChI=1S/C48H28S/c1-3-15-37-33(11-1)35-13-5-7-17-39(35)45-27-29(23-25-41(37)45)31-19-9-21-43-44-22-10-20-32(48(44)49-47(31)43)30-24-26-42-38-16-4-2-12-34(38)36-14-6-8-18-40(36)46(42)28-30/h1-28H. The van der Waals surface area contributed by atoms with E-state index in [0.29, 0.717) is 0 Å². The fourth-order valence-electron chi connectivity index (χ4n) is 8.43. The van der Waals surface area contributed by atoms with Crippen LogP contribution in [-0.2, 0) is 0 Å². The van der Waals surface area contributed by atoms with Gasteiger partial charge in [0.2, 0.25) is 0 Å². The number of hydrogen-bond donors (Lipinski definition) is 0. The van der Waals surface area contributed by atoms with Gasteiger partial charge >= 0.3 is 0 Å². The average Bonchev–Trinajstić information content (AvgIpc) is 3.57. The summed E-state index contributed by atoms with van der Waals surface area (Å²) in [5, 5.41) is 18.3. The third-order valence-corrected chi connectivity index (χ3v) is 11.9. The molecule has 1 aromatic heterocycles. The third kappa shape index (κ3) is 3.85. The molecule has 49 heavy (non-hydrogen) atoms. The highest BCUT2D eigenvalue weighted by Gasteiger charge is 2.17. The second-order valence-electron chi connectivity index (χ2n) is 13.2. The maximum atomic E-state index is 2.42. The van der Waals surface area contributed by atoms with Gasteiger partial charge in [-0.05, 0) is 99.0 Å². The molecule has 1 heterocycles. The number of benzene rings is 10. The second-order valence-corrected chi connectivity index (χ2v) is 14.2. The van der Waals surface area contributed by atoms with Crippen molar-refractivity contribution in [2.45, 2.75) is 0 Å². The fourth-order valence-corrected chi connectivity index (χ4v) is 9.80. The minimum absolute atomic E-state index is 1.26. The Morgan fingerprint density at radius 1 is 0.224 bits per heavy atom. The summed E-state index contributed by atoms with van der Waals surface area (Å²) in [5.41, 5.74) is 5.10. The van der Waals surface area contributed by atoms with Crippen molar-refractivity contribution in [3.8, 4) is 22.3 Å². The largest absolute Gasteiger partial charge is 0.134 e. The molecule has 11 rings (SSSR count). The molecule has 0 aliphatic heterocycles. The summed E-state index contributed by atoms with van der Waals surface area (Å²) in [5.74, 6) is 0. The Kier molecular flexibility index (Phi) is 5.64. The molecular weight excluding hydrogens is 609 g/mol. The summed E-state index contributed by atoms with van der Waals surface area (Å²) >= 11 is 1.93. The van der Waals surface area contributed by atoms with Crippen molar-refractivity contribution in [2.75, 3.05) is 0 Å². The van der Waals surface area contributed by atoms with Gasteiger partial charge in [0.1, 0.15) is 0 Å². The quantitative estimate of drug-likeness (QED) is 0.166. The van der Waals surface area contributed by atoms with Gasteiger partial charge in [0.15, 0.2) is 0 Å². The van der Waals surface area contributed by atoms with Gasteiger partial charge in [0.25, 0.3) is 0 Å². The van der Waals surface area contributed by atoms with Crippen LogP contribution in [-0.4, -0.2) is 0 Å². The molecular formula is C48H28S. The zero-order chi connectivity index (χ0) is 32.1. The molecule has 0 nitrogen and oxygen atoms in total. The predicted octanol–water partition coefficient (Wildman–Crippen LogP) is 14.3. The van der Waals surface area contributed by atoms with E-state index in [9.17, 15) is 0 Å². The van der Waals surface area contributed by atoms with Gasteiger partial charge in [-0.3, -0.25) is 0 Å². The van der Waals surface area contributed by atoms with Crippen LogP contribution in [0.25, 0.3) is 107 Å². The van der Waals surface area contributed by atoms with Crippen molar-refractivity contribution < 1.29 is 0 Å². The lowest BCUT2D eigenvalue weighted by Gasteiger charge is -2.12. The van der Waals surface area contributed by atoms with Crippen molar-refractivity contribution >= 4 is 96.1 Å². The summed E-state index contributed by atoms with van der Waals surface area (Å²) in [6.07, 6.45) is 0. The van der Waals surface area contributed by atoms with Gasteiger partial charge in [-0.15, -0.1) is 11.3 Å². The SMILES string of the molecule is c1cc(-c2ccc3c4ccccc4c4ccccc4c3c2)c2sc3c(-c4ccc5c6ccccc6c6ccccc6c5c4)cccc3c2c1. The second kappa shape index (κ2) is 10.2. The minimum atomic E-state index is 1.26. The zero-order valence-corrected chi connectivity index (χ0v) is 27.4. The Morgan fingerprint density at radius 3 is 0.857 bits per heavy atom. The fraction of sp³-hybridized carbons (Fsp3) is 0. The van der Waals surface area contributed by atoms with Crippen molar-refractivity contribution in [3.63, 3.8) is 0 Å². The van der Waals surface area contributed by atoms with Crippen LogP contribution in [0.15, 0.2) is 170 Å². The Morgan fingerprint density at radius 2 is 0.510 bits per heavy atom. The van der Waals surface area contributed by atoms with Gasteiger partial charge in [0, 0.05) is 20.2 Å². The molecule has 0 aliphatic rings. The topological polar surface area (TPSA) is 0 Å². The van der Waals surface area contributed by atoms with Crippen LogP contribution in [0, 0.1) is 0 Å². The maximum Gasteiger partial charge on any atom is 0.0434 e. The van der Waals surface area contributed by atoms with E-state index in [4.69, 9.17) is 0 Å². The van der Waals surface area contributed by atoms with Crippen LogP contribution in [0.5, 0.6) is 0 Å². The first-order chi connectivity index (χ1) is 24.3. The monoisotopic (exact) mass is 636 g/mol. The van der Waals surface area contributed by atoms with E-state index >= 15 is 0 Å². The number of rotatable bonds is 2. The van der Waals surface area contributed by atoms with E-state index in [-0.39, 0.29) is 0 Å². The first-order valence-corrected chi connectivity index (χ1v) is 17.7. The van der Waals surface area contributed by atoms with Gasteiger partial charge < -0.3 is 0 Å². The summed E-state index contributed by atoms with van der Waals surface area (Å²) in [6, 6.07) is 63.1. The molecule has 0 radical (unpaired) electrons. The molecule has 0 N–H and O–H groups in total. The lowest BCUT2D eigenvalue weighted by Crippen LogP contribution is -1.85. The van der Waals surface area contributed by atoms with Crippen LogP contribution in [0.1, 0.15) is 0 Å². The van der Waals surface area contributed by atoms with Gasteiger partial charge in [-0.25, -0.2) is 0 Å². The molecule has 11 aromatic rings. The van der Waals surface area contributed by atoms with E-state index in [1.807, 2.05) is 11.3 Å². The molecule has 0 saturated heterocycles. The lowest BCUT2D eigenvalue weighted by molar-refractivity contribution is 1.72. The first-order valence-electron chi connectivity index (χ1n) is 16.9. The van der Waals surface area contributed by atoms with Gasteiger partial charge in [-0.1, -0.05) is 158 Å². The van der Waals surface area contributed by atoms with Gasteiger partial charge in [-0.2, -0.15) is 0 Å². The van der Waals surface area contributed by atoms with Crippen molar-refractivity contribution in [1.29, 1.82) is 0 Å². The Bertz CT molecular complexity index is 2880. The predicted molar refractivity (Wildman–Crippen MR) is 215 cm³/mol. The molecule has 0 bridgehead atoms. The van der Waals surface area contributed by atoms with Crippen LogP contribution in [0.3, 0.4) is 0 Å². The summed E-state index contributed by atoms with van der Waals surface area (Å²) in [4.78, 5) is 0. The first kappa shape index (κ1) is 27.0. The molecule has 0 fully saturated rings. The normalized spacial score (nSPS) is 12.1. The maximum absolute atomic E-state index is 2.42. The highest BCUT2D eigenvalue weighted by molar-refractivity contribution is 7.26. The number of thiophene rings is 1. The van der Waals surface area contributed by atoms with E-state index in [1.165, 1.54) is 107 Å². The Balaban J connectivity index is 1.14. The smallest absolute Gasteiger partial charge is 0.0434 e. The van der Waals surface area contributed by atoms with E-state index in [2.05, 4.69) is 170 Å². The molecule has 0 unspecified atom stereocenters. The molecule has 0 saturated carbocycles. The van der Waals surface area contributed by atoms with Crippen molar-refractivity contribution in [2.24, 2.45) is 0 Å². The molecule has 226 valence electrons. The van der Waals surface area contributed by atoms with Crippen LogP contribution in [0.2, 0.25) is 0 Å². The zero-order valence-electron chi connectivity index (χ0n) is 26.6. The third-order valence-electron chi connectivity index (χ3n) is 10.6. The average molecular weight is 637 g/mol. The van der Waals surface area contributed by atoms with Crippen LogP contribution in [0.4, 0.5) is 0 Å². The van der Waals surface area contributed by atoms with E-state index in [0.717, 1.165) is 0 Å². The number of fused-ring (bicyclic) bond motifs is 15. The highest BCUT2D eigenvalue weighted by Crippen LogP contribution is 2.46. The van der Waals surface area contributed by atoms with E-state index < -0.39 is 0 Å². The van der Waals surface area contributed by atoms with Gasteiger partial charge in [0.05, 0.1) is 0 Å². The summed E-state index contributed by atoms with van der Waals surface area (Å²) < 4.78 is 2.68. The molecule has 10 aromatic carbocycles. The summed E-state index contributed by atoms with van der Waals surface area (Å²) in [6.45, 7) is 0. The summed E-state index contributed by atoms with van der Waals surface area (Å²) in [7, 11) is 0. The van der Waals surface area contributed by atoms with Crippen LogP contribution >= 0.6 is 11.3 Å². The van der Waals surface area contributed by atoms with E-state index in [1.54, 1.807) is 0 Å². The molecule has 1 heteroatoms. The number of hydrogen-bond acceptors (Lipinski definition) is 1. The molecule has 0 atom stereocenters. The molecule has 0 spiro atoms. The van der Waals surface area contributed by atoms with Crippen molar-refractivity contribution in [3.05, 3.63) is 170 Å². The highest BCUT2D eigenvalue weighted by atomic mass is 32.1. The van der Waals surface area contributed by atoms with Crippen molar-refractivity contribution in [1.82, 2.24) is 0 Å². The van der Waals surface area contributed by atoms with Crippen LogP contribution < -0.4 is 0 Å².